The van der Waals surface area contributed by atoms with Crippen molar-refractivity contribution in [2.75, 3.05) is 6.61 Å². The van der Waals surface area contributed by atoms with Crippen molar-refractivity contribution in [1.82, 2.24) is 0 Å². The summed E-state index contributed by atoms with van der Waals surface area (Å²) in [6.07, 6.45) is 1.53. The SMILES string of the molecule is OCCC1OOC2(Cc3ccccc3CO2)Cc2ccccc21. The first-order valence-corrected chi connectivity index (χ1v) is 8.03. The van der Waals surface area contributed by atoms with E-state index in [-0.39, 0.29) is 12.7 Å². The van der Waals surface area contributed by atoms with Crippen LogP contribution in [-0.2, 0) is 34.0 Å². The summed E-state index contributed by atoms with van der Waals surface area (Å²) >= 11 is 0. The Hall–Kier alpha value is -1.72. The number of hydrogen-bond donors (Lipinski definition) is 1. The van der Waals surface area contributed by atoms with Gasteiger partial charge in [0.1, 0.15) is 6.10 Å². The molecule has 0 amide bonds. The summed E-state index contributed by atoms with van der Waals surface area (Å²) in [6.45, 7) is 0.575. The van der Waals surface area contributed by atoms with Crippen LogP contribution in [-0.4, -0.2) is 17.5 Å². The molecule has 2 heterocycles. The fraction of sp³-hybridized carbons (Fsp3) is 0.368. The third kappa shape index (κ3) is 2.79. The minimum absolute atomic E-state index is 0.0546. The largest absolute Gasteiger partial charge is 0.396 e. The van der Waals surface area contributed by atoms with Gasteiger partial charge in [0.2, 0.25) is 5.79 Å². The van der Waals surface area contributed by atoms with Crippen LogP contribution >= 0.6 is 0 Å². The Bertz CT molecular complexity index is 699. The predicted octanol–water partition coefficient (Wildman–Crippen LogP) is 3.08. The van der Waals surface area contributed by atoms with Gasteiger partial charge in [-0.3, -0.25) is 0 Å². The Morgan fingerprint density at radius 2 is 1.65 bits per heavy atom. The third-order valence-corrected chi connectivity index (χ3v) is 4.64. The number of ether oxygens (including phenoxy) is 1. The Labute approximate surface area is 135 Å². The van der Waals surface area contributed by atoms with Gasteiger partial charge in [0, 0.05) is 25.9 Å². The Morgan fingerprint density at radius 3 is 2.48 bits per heavy atom. The van der Waals surface area contributed by atoms with Gasteiger partial charge >= 0.3 is 0 Å². The van der Waals surface area contributed by atoms with E-state index >= 15 is 0 Å². The standard InChI is InChI=1S/C19H20O4/c20-10-9-18-17-8-4-3-6-15(17)12-19(23-22-18)11-14-5-1-2-7-16(14)13-21-19/h1-8,18,20H,9-13H2. The van der Waals surface area contributed by atoms with Crippen LogP contribution in [0.4, 0.5) is 0 Å². The van der Waals surface area contributed by atoms with E-state index in [4.69, 9.17) is 14.5 Å². The fourth-order valence-corrected chi connectivity index (χ4v) is 3.44. The molecule has 0 radical (unpaired) electrons. The van der Waals surface area contributed by atoms with E-state index in [1.54, 1.807) is 0 Å². The van der Waals surface area contributed by atoms with E-state index in [2.05, 4.69) is 18.2 Å². The van der Waals surface area contributed by atoms with E-state index in [9.17, 15) is 5.11 Å². The molecule has 2 aliphatic heterocycles. The van der Waals surface area contributed by atoms with Crippen molar-refractivity contribution >= 4 is 0 Å². The molecule has 4 rings (SSSR count). The van der Waals surface area contributed by atoms with E-state index in [1.807, 2.05) is 30.3 Å². The van der Waals surface area contributed by atoms with Gasteiger partial charge in [-0.05, 0) is 22.3 Å². The number of hydrogen-bond acceptors (Lipinski definition) is 4. The first-order valence-electron chi connectivity index (χ1n) is 8.03. The lowest BCUT2D eigenvalue weighted by Gasteiger charge is -2.35. The van der Waals surface area contributed by atoms with Gasteiger partial charge < -0.3 is 9.84 Å². The van der Waals surface area contributed by atoms with Gasteiger partial charge in [0.05, 0.1) is 6.61 Å². The summed E-state index contributed by atoms with van der Waals surface area (Å²) in [6, 6.07) is 16.4. The highest BCUT2D eigenvalue weighted by Gasteiger charge is 2.42. The molecule has 1 N–H and O–H groups in total. The zero-order valence-corrected chi connectivity index (χ0v) is 12.9. The smallest absolute Gasteiger partial charge is 0.210 e. The number of rotatable bonds is 2. The molecule has 2 unspecified atom stereocenters. The minimum Gasteiger partial charge on any atom is -0.396 e. The fourth-order valence-electron chi connectivity index (χ4n) is 3.44. The van der Waals surface area contributed by atoms with Crippen LogP contribution in [0.3, 0.4) is 0 Å². The summed E-state index contributed by atoms with van der Waals surface area (Å²) in [4.78, 5) is 11.5. The second-order valence-corrected chi connectivity index (χ2v) is 6.20. The molecule has 4 heteroatoms. The highest BCUT2D eigenvalue weighted by Crippen LogP contribution is 2.39. The molecule has 2 aromatic rings. The van der Waals surface area contributed by atoms with Crippen molar-refractivity contribution in [3.8, 4) is 0 Å². The van der Waals surface area contributed by atoms with E-state index in [0.717, 1.165) is 11.1 Å². The topological polar surface area (TPSA) is 47.9 Å². The maximum Gasteiger partial charge on any atom is 0.210 e. The van der Waals surface area contributed by atoms with Crippen LogP contribution in [0.1, 0.15) is 34.8 Å². The summed E-state index contributed by atoms with van der Waals surface area (Å²) < 4.78 is 6.09. The number of aliphatic hydroxyl groups is 1. The molecule has 120 valence electrons. The molecule has 0 fully saturated rings. The van der Waals surface area contributed by atoms with Crippen molar-refractivity contribution in [3.05, 3.63) is 70.8 Å². The monoisotopic (exact) mass is 312 g/mol. The Balaban J connectivity index is 1.68. The lowest BCUT2D eigenvalue weighted by Crippen LogP contribution is -2.42. The van der Waals surface area contributed by atoms with Gasteiger partial charge in [0.25, 0.3) is 0 Å². The molecule has 2 atom stereocenters. The molecule has 2 aliphatic rings. The Kier molecular flexibility index (Phi) is 3.91. The van der Waals surface area contributed by atoms with Crippen LogP contribution in [0, 0.1) is 0 Å². The second-order valence-electron chi connectivity index (χ2n) is 6.20. The summed E-state index contributed by atoms with van der Waals surface area (Å²) in [5.74, 6) is -0.797. The first kappa shape index (κ1) is 14.8. The van der Waals surface area contributed by atoms with Gasteiger partial charge in [0.15, 0.2) is 0 Å². The molecule has 0 saturated carbocycles. The molecule has 0 aromatic heterocycles. The lowest BCUT2D eigenvalue weighted by atomic mass is 9.90. The lowest BCUT2D eigenvalue weighted by molar-refractivity contribution is -0.449. The van der Waals surface area contributed by atoms with Gasteiger partial charge in [-0.1, -0.05) is 48.5 Å². The molecule has 0 bridgehead atoms. The average molecular weight is 312 g/mol. The molecular weight excluding hydrogens is 292 g/mol. The van der Waals surface area contributed by atoms with Crippen LogP contribution in [0.15, 0.2) is 48.5 Å². The minimum atomic E-state index is -0.797. The van der Waals surface area contributed by atoms with Crippen LogP contribution in [0.5, 0.6) is 0 Å². The highest BCUT2D eigenvalue weighted by atomic mass is 17.2. The van der Waals surface area contributed by atoms with Crippen molar-refractivity contribution in [2.45, 2.75) is 37.8 Å². The predicted molar refractivity (Wildman–Crippen MR) is 84.4 cm³/mol. The Morgan fingerprint density at radius 1 is 0.957 bits per heavy atom. The third-order valence-electron chi connectivity index (χ3n) is 4.64. The molecule has 4 nitrogen and oxygen atoms in total. The van der Waals surface area contributed by atoms with E-state index in [1.165, 1.54) is 11.1 Å². The number of aliphatic hydroxyl groups excluding tert-OH is 1. The van der Waals surface area contributed by atoms with Crippen molar-refractivity contribution < 1.29 is 19.6 Å². The highest BCUT2D eigenvalue weighted by molar-refractivity contribution is 5.34. The molecular formula is C19H20O4. The number of fused-ring (bicyclic) bond motifs is 2. The van der Waals surface area contributed by atoms with Crippen molar-refractivity contribution in [2.24, 2.45) is 0 Å². The number of benzene rings is 2. The molecule has 23 heavy (non-hydrogen) atoms. The van der Waals surface area contributed by atoms with Gasteiger partial charge in [-0.2, -0.15) is 4.89 Å². The first-order chi connectivity index (χ1) is 11.3. The van der Waals surface area contributed by atoms with Crippen molar-refractivity contribution in [1.29, 1.82) is 0 Å². The zero-order chi connectivity index (χ0) is 15.7. The van der Waals surface area contributed by atoms with Gasteiger partial charge in [-0.25, -0.2) is 4.89 Å². The van der Waals surface area contributed by atoms with Crippen LogP contribution < -0.4 is 0 Å². The molecule has 0 aliphatic carbocycles. The maximum absolute atomic E-state index is 9.30. The quantitative estimate of drug-likeness (QED) is 0.866. The summed E-state index contributed by atoms with van der Waals surface area (Å²) in [5, 5.41) is 9.30. The molecule has 0 saturated heterocycles. The zero-order valence-electron chi connectivity index (χ0n) is 12.9. The summed E-state index contributed by atoms with van der Waals surface area (Å²) in [5.41, 5.74) is 4.66. The second kappa shape index (κ2) is 6.06. The van der Waals surface area contributed by atoms with E-state index < -0.39 is 5.79 Å². The molecule has 1 spiro atoms. The maximum atomic E-state index is 9.30. The van der Waals surface area contributed by atoms with Gasteiger partial charge in [-0.15, -0.1) is 0 Å². The summed E-state index contributed by atoms with van der Waals surface area (Å²) in [7, 11) is 0. The van der Waals surface area contributed by atoms with Crippen LogP contribution in [0.2, 0.25) is 0 Å². The van der Waals surface area contributed by atoms with Crippen LogP contribution in [0.25, 0.3) is 0 Å². The average Bonchev–Trinajstić information content (AvgIpc) is 2.73. The van der Waals surface area contributed by atoms with Crippen molar-refractivity contribution in [3.63, 3.8) is 0 Å². The normalized spacial score (nSPS) is 26.4. The van der Waals surface area contributed by atoms with E-state index in [0.29, 0.717) is 25.9 Å². The molecule has 2 aromatic carbocycles.